The van der Waals surface area contributed by atoms with Crippen LogP contribution in [-0.4, -0.2) is 47.2 Å². The van der Waals surface area contributed by atoms with Crippen LogP contribution in [0.4, 0.5) is 0 Å². The maximum atomic E-state index is 9.75. The topological polar surface area (TPSA) is 26.7 Å². The number of aliphatic hydroxyl groups excluding tert-OH is 1. The number of piperazine rings is 1. The average molecular weight is 326 g/mol. The summed E-state index contributed by atoms with van der Waals surface area (Å²) in [6.45, 7) is 9.10. The van der Waals surface area contributed by atoms with Gasteiger partial charge in [0.15, 0.2) is 0 Å². The third-order valence-corrected chi connectivity index (χ3v) is 4.38. The molecule has 1 aliphatic rings. The molecule has 3 nitrogen and oxygen atoms in total. The summed E-state index contributed by atoms with van der Waals surface area (Å²) >= 11 is 0. The van der Waals surface area contributed by atoms with E-state index in [0.29, 0.717) is 0 Å². The Labute approximate surface area is 146 Å². The Morgan fingerprint density at radius 2 is 1.38 bits per heavy atom. The molecule has 2 aromatic rings. The second kappa shape index (κ2) is 10.2. The zero-order valence-corrected chi connectivity index (χ0v) is 14.9. The van der Waals surface area contributed by atoms with Gasteiger partial charge in [0.1, 0.15) is 0 Å². The van der Waals surface area contributed by atoms with Gasteiger partial charge < -0.3 is 5.11 Å². The fraction of sp³-hybridized carbons (Fsp3) is 0.429. The maximum absolute atomic E-state index is 9.75. The van der Waals surface area contributed by atoms with Crippen molar-refractivity contribution in [1.29, 1.82) is 0 Å². The molecule has 3 rings (SSSR count). The summed E-state index contributed by atoms with van der Waals surface area (Å²) in [7, 11) is 0. The van der Waals surface area contributed by atoms with E-state index < -0.39 is 0 Å². The molecule has 0 amide bonds. The molecule has 1 atom stereocenters. The largest absolute Gasteiger partial charge is 0.395 e. The van der Waals surface area contributed by atoms with Gasteiger partial charge in [0.2, 0.25) is 0 Å². The van der Waals surface area contributed by atoms with E-state index in [2.05, 4.69) is 64.4 Å². The van der Waals surface area contributed by atoms with E-state index in [9.17, 15) is 5.11 Å². The molecule has 3 heteroatoms. The van der Waals surface area contributed by atoms with Crippen LogP contribution in [0, 0.1) is 0 Å². The first-order valence-corrected chi connectivity index (χ1v) is 9.00. The smallest absolute Gasteiger partial charge is 0.0599 e. The Morgan fingerprint density at radius 3 is 1.92 bits per heavy atom. The lowest BCUT2D eigenvalue weighted by atomic mass is 10.1. The highest BCUT2D eigenvalue weighted by Gasteiger charge is 2.26. The van der Waals surface area contributed by atoms with Crippen molar-refractivity contribution < 1.29 is 5.11 Å². The number of aliphatic hydroxyl groups is 1. The molecule has 0 radical (unpaired) electrons. The van der Waals surface area contributed by atoms with Gasteiger partial charge in [-0.25, -0.2) is 0 Å². The summed E-state index contributed by atoms with van der Waals surface area (Å²) < 4.78 is 0. The van der Waals surface area contributed by atoms with Crippen LogP contribution >= 0.6 is 0 Å². The lowest BCUT2D eigenvalue weighted by molar-refractivity contribution is 0.0316. The third kappa shape index (κ3) is 5.45. The molecule has 0 bridgehead atoms. The lowest BCUT2D eigenvalue weighted by Gasteiger charge is -2.40. The predicted molar refractivity (Wildman–Crippen MR) is 101 cm³/mol. The SMILES string of the molecule is CC.OCC1CN(Cc2ccccc2)CCN1Cc1ccccc1. The summed E-state index contributed by atoms with van der Waals surface area (Å²) in [6, 6.07) is 21.3. The van der Waals surface area contributed by atoms with Crippen molar-refractivity contribution in [3.63, 3.8) is 0 Å². The molecule has 0 saturated carbocycles. The summed E-state index contributed by atoms with van der Waals surface area (Å²) in [6.07, 6.45) is 0. The van der Waals surface area contributed by atoms with Crippen molar-refractivity contribution in [2.75, 3.05) is 26.2 Å². The van der Waals surface area contributed by atoms with E-state index in [1.807, 2.05) is 19.9 Å². The molecule has 1 saturated heterocycles. The average Bonchev–Trinajstić information content (AvgIpc) is 2.66. The van der Waals surface area contributed by atoms with Crippen LogP contribution in [0.2, 0.25) is 0 Å². The first kappa shape index (κ1) is 18.7. The Kier molecular flexibility index (Phi) is 7.96. The van der Waals surface area contributed by atoms with Crippen LogP contribution in [-0.2, 0) is 13.1 Å². The predicted octanol–water partition coefficient (Wildman–Crippen LogP) is 3.39. The van der Waals surface area contributed by atoms with Crippen molar-refractivity contribution in [2.45, 2.75) is 33.0 Å². The summed E-state index contributed by atoms with van der Waals surface area (Å²) in [4.78, 5) is 4.84. The normalized spacial score (nSPS) is 18.7. The number of hydrogen-bond acceptors (Lipinski definition) is 3. The number of hydrogen-bond donors (Lipinski definition) is 1. The van der Waals surface area contributed by atoms with Gasteiger partial charge >= 0.3 is 0 Å². The Bertz CT molecular complexity index is 559. The second-order valence-electron chi connectivity index (χ2n) is 6.01. The van der Waals surface area contributed by atoms with Gasteiger partial charge in [-0.15, -0.1) is 0 Å². The molecule has 130 valence electrons. The van der Waals surface area contributed by atoms with Crippen LogP contribution in [0.25, 0.3) is 0 Å². The Hall–Kier alpha value is -1.68. The van der Waals surface area contributed by atoms with E-state index in [4.69, 9.17) is 0 Å². The quantitative estimate of drug-likeness (QED) is 0.912. The van der Waals surface area contributed by atoms with Crippen LogP contribution in [0.5, 0.6) is 0 Å². The molecule has 24 heavy (non-hydrogen) atoms. The van der Waals surface area contributed by atoms with Crippen LogP contribution in [0.15, 0.2) is 60.7 Å². The first-order valence-electron chi connectivity index (χ1n) is 9.00. The van der Waals surface area contributed by atoms with Crippen molar-refractivity contribution >= 4 is 0 Å². The first-order chi connectivity index (χ1) is 11.8. The monoisotopic (exact) mass is 326 g/mol. The van der Waals surface area contributed by atoms with E-state index in [1.54, 1.807) is 0 Å². The van der Waals surface area contributed by atoms with Crippen LogP contribution < -0.4 is 0 Å². The minimum atomic E-state index is 0.220. The standard InChI is InChI=1S/C19H24N2O.C2H6/c22-16-19-15-20(13-17-7-3-1-4-8-17)11-12-21(19)14-18-9-5-2-6-10-18;1-2/h1-10,19,22H,11-16H2;1-2H3. The fourth-order valence-electron chi connectivity index (χ4n) is 3.14. The van der Waals surface area contributed by atoms with Crippen LogP contribution in [0.1, 0.15) is 25.0 Å². The molecule has 1 unspecified atom stereocenters. The van der Waals surface area contributed by atoms with Crippen LogP contribution in [0.3, 0.4) is 0 Å². The Balaban J connectivity index is 0.00000100. The molecule has 2 aromatic carbocycles. The summed E-state index contributed by atoms with van der Waals surface area (Å²) in [5.74, 6) is 0. The summed E-state index contributed by atoms with van der Waals surface area (Å²) in [5, 5.41) is 9.75. The molecule has 0 aromatic heterocycles. The van der Waals surface area contributed by atoms with Gasteiger partial charge in [-0.1, -0.05) is 74.5 Å². The molecule has 0 aliphatic carbocycles. The van der Waals surface area contributed by atoms with Gasteiger partial charge in [-0.2, -0.15) is 0 Å². The van der Waals surface area contributed by atoms with E-state index in [1.165, 1.54) is 11.1 Å². The molecule has 1 aliphatic heterocycles. The fourth-order valence-corrected chi connectivity index (χ4v) is 3.14. The lowest BCUT2D eigenvalue weighted by Crippen LogP contribution is -2.53. The Morgan fingerprint density at radius 1 is 0.833 bits per heavy atom. The van der Waals surface area contributed by atoms with E-state index in [-0.39, 0.29) is 12.6 Å². The molecule has 1 N–H and O–H groups in total. The van der Waals surface area contributed by atoms with Gasteiger partial charge in [-0.05, 0) is 11.1 Å². The van der Waals surface area contributed by atoms with Gasteiger partial charge in [0.25, 0.3) is 0 Å². The van der Waals surface area contributed by atoms with Gasteiger partial charge in [0, 0.05) is 38.8 Å². The minimum Gasteiger partial charge on any atom is -0.395 e. The van der Waals surface area contributed by atoms with Crippen molar-refractivity contribution in [1.82, 2.24) is 9.80 Å². The highest BCUT2D eigenvalue weighted by Crippen LogP contribution is 2.16. The van der Waals surface area contributed by atoms with E-state index in [0.717, 1.165) is 32.7 Å². The molecule has 1 heterocycles. The third-order valence-electron chi connectivity index (χ3n) is 4.38. The van der Waals surface area contributed by atoms with E-state index >= 15 is 0 Å². The van der Waals surface area contributed by atoms with Crippen molar-refractivity contribution in [2.24, 2.45) is 0 Å². The van der Waals surface area contributed by atoms with Crippen molar-refractivity contribution in [3.8, 4) is 0 Å². The molecule has 1 fully saturated rings. The van der Waals surface area contributed by atoms with Crippen molar-refractivity contribution in [3.05, 3.63) is 71.8 Å². The number of nitrogens with zero attached hydrogens (tertiary/aromatic N) is 2. The molecular weight excluding hydrogens is 296 g/mol. The zero-order valence-electron chi connectivity index (χ0n) is 14.9. The number of benzene rings is 2. The van der Waals surface area contributed by atoms with Gasteiger partial charge in [0.05, 0.1) is 6.61 Å². The van der Waals surface area contributed by atoms with Gasteiger partial charge in [-0.3, -0.25) is 9.80 Å². The molecule has 0 spiro atoms. The minimum absolute atomic E-state index is 0.220. The maximum Gasteiger partial charge on any atom is 0.0599 e. The zero-order chi connectivity index (χ0) is 17.2. The summed E-state index contributed by atoms with van der Waals surface area (Å²) in [5.41, 5.74) is 2.66. The molecular formula is C21H30N2O. The highest BCUT2D eigenvalue weighted by molar-refractivity contribution is 5.16. The second-order valence-corrected chi connectivity index (χ2v) is 6.01. The number of rotatable bonds is 5. The highest BCUT2D eigenvalue weighted by atomic mass is 16.3.